The Balaban J connectivity index is 2.64. The number of benzene rings is 1. The van der Waals surface area contributed by atoms with Crippen LogP contribution in [0.15, 0.2) is 18.2 Å². The molecule has 0 aromatic heterocycles. The zero-order valence-electron chi connectivity index (χ0n) is 12.5. The fraction of sp³-hybridized carbons (Fsp3) is 0.625. The molecule has 0 aliphatic rings. The Bertz CT molecular complexity index is 379. The molecule has 19 heavy (non-hydrogen) atoms. The average molecular weight is 267 g/mol. The molecule has 0 radical (unpaired) electrons. The van der Waals surface area contributed by atoms with Gasteiger partial charge in [-0.2, -0.15) is 0 Å². The van der Waals surface area contributed by atoms with Crippen molar-refractivity contribution in [3.8, 4) is 5.75 Å². The van der Waals surface area contributed by atoms with E-state index in [9.17, 15) is 4.39 Å². The number of nitrogens with one attached hydrogen (secondary N) is 1. The minimum atomic E-state index is -0.271. The van der Waals surface area contributed by atoms with Crippen LogP contribution in [0, 0.1) is 11.7 Å². The molecule has 1 aromatic carbocycles. The van der Waals surface area contributed by atoms with Gasteiger partial charge in [-0.15, -0.1) is 0 Å². The van der Waals surface area contributed by atoms with E-state index in [2.05, 4.69) is 26.1 Å². The molecule has 0 heterocycles. The fourth-order valence-corrected chi connectivity index (χ4v) is 2.26. The van der Waals surface area contributed by atoms with Crippen LogP contribution >= 0.6 is 0 Å². The van der Waals surface area contributed by atoms with E-state index < -0.39 is 0 Å². The second-order valence-corrected chi connectivity index (χ2v) is 5.39. The molecule has 1 unspecified atom stereocenters. The predicted molar refractivity (Wildman–Crippen MR) is 78.2 cm³/mol. The van der Waals surface area contributed by atoms with Gasteiger partial charge >= 0.3 is 0 Å². The first-order chi connectivity index (χ1) is 9.06. The maximum Gasteiger partial charge on any atom is 0.165 e. The third-order valence-corrected chi connectivity index (χ3v) is 3.25. The maximum absolute atomic E-state index is 13.7. The Morgan fingerprint density at radius 1 is 1.32 bits per heavy atom. The number of hydrogen-bond acceptors (Lipinski definition) is 2. The van der Waals surface area contributed by atoms with Crippen LogP contribution < -0.4 is 10.1 Å². The maximum atomic E-state index is 13.7. The molecule has 1 atom stereocenters. The quantitative estimate of drug-likeness (QED) is 0.773. The van der Waals surface area contributed by atoms with Crippen molar-refractivity contribution in [1.82, 2.24) is 5.32 Å². The third kappa shape index (κ3) is 5.60. The highest BCUT2D eigenvalue weighted by molar-refractivity contribution is 5.29. The van der Waals surface area contributed by atoms with Crippen molar-refractivity contribution in [3.63, 3.8) is 0 Å². The van der Waals surface area contributed by atoms with E-state index in [0.29, 0.717) is 17.7 Å². The molecular weight excluding hydrogens is 241 g/mol. The average Bonchev–Trinajstić information content (AvgIpc) is 2.36. The number of rotatable bonds is 8. The van der Waals surface area contributed by atoms with Gasteiger partial charge in [0, 0.05) is 6.04 Å². The van der Waals surface area contributed by atoms with Gasteiger partial charge in [-0.05, 0) is 43.0 Å². The Labute approximate surface area is 116 Å². The highest BCUT2D eigenvalue weighted by atomic mass is 19.1. The van der Waals surface area contributed by atoms with Crippen LogP contribution in [-0.4, -0.2) is 19.7 Å². The SMILES string of the molecule is CCCC(CNC(C)C)Cc1ccc(OC)c(F)c1. The van der Waals surface area contributed by atoms with Gasteiger partial charge < -0.3 is 10.1 Å². The summed E-state index contributed by atoms with van der Waals surface area (Å²) >= 11 is 0. The predicted octanol–water partition coefficient (Wildman–Crippen LogP) is 3.79. The molecule has 0 fully saturated rings. The number of methoxy groups -OCH3 is 1. The number of ether oxygens (including phenoxy) is 1. The molecular formula is C16H26FNO. The van der Waals surface area contributed by atoms with Gasteiger partial charge in [-0.1, -0.05) is 33.3 Å². The van der Waals surface area contributed by atoms with Crippen molar-refractivity contribution in [2.45, 2.75) is 46.1 Å². The molecule has 2 nitrogen and oxygen atoms in total. The molecule has 0 spiro atoms. The van der Waals surface area contributed by atoms with Gasteiger partial charge in [0.2, 0.25) is 0 Å². The van der Waals surface area contributed by atoms with Crippen LogP contribution in [0.1, 0.15) is 39.2 Å². The minimum absolute atomic E-state index is 0.271. The van der Waals surface area contributed by atoms with Crippen molar-refractivity contribution in [3.05, 3.63) is 29.6 Å². The molecule has 3 heteroatoms. The lowest BCUT2D eigenvalue weighted by Crippen LogP contribution is -2.29. The van der Waals surface area contributed by atoms with Crippen molar-refractivity contribution in [2.75, 3.05) is 13.7 Å². The Hall–Kier alpha value is -1.09. The first-order valence-corrected chi connectivity index (χ1v) is 7.12. The molecule has 108 valence electrons. The molecule has 0 bridgehead atoms. The van der Waals surface area contributed by atoms with E-state index >= 15 is 0 Å². The smallest absolute Gasteiger partial charge is 0.165 e. The monoisotopic (exact) mass is 267 g/mol. The van der Waals surface area contributed by atoms with E-state index in [4.69, 9.17) is 4.74 Å². The van der Waals surface area contributed by atoms with E-state index in [1.807, 2.05) is 6.07 Å². The minimum Gasteiger partial charge on any atom is -0.494 e. The standard InChI is InChI=1S/C16H26FNO/c1-5-6-14(11-18-12(2)3)9-13-7-8-16(19-4)15(17)10-13/h7-8,10,12,14,18H,5-6,9,11H2,1-4H3. The topological polar surface area (TPSA) is 21.3 Å². The fourth-order valence-electron chi connectivity index (χ4n) is 2.26. The molecule has 0 aliphatic heterocycles. The summed E-state index contributed by atoms with van der Waals surface area (Å²) in [5.74, 6) is 0.600. The Kier molecular flexibility index (Phi) is 6.85. The van der Waals surface area contributed by atoms with E-state index in [-0.39, 0.29) is 5.82 Å². The van der Waals surface area contributed by atoms with E-state index in [0.717, 1.165) is 31.4 Å². The second-order valence-electron chi connectivity index (χ2n) is 5.39. The highest BCUT2D eigenvalue weighted by Gasteiger charge is 2.11. The molecule has 1 aromatic rings. The third-order valence-electron chi connectivity index (χ3n) is 3.25. The van der Waals surface area contributed by atoms with Gasteiger partial charge in [0.1, 0.15) is 0 Å². The summed E-state index contributed by atoms with van der Waals surface area (Å²) in [6.07, 6.45) is 3.23. The van der Waals surface area contributed by atoms with Gasteiger partial charge in [-0.25, -0.2) is 4.39 Å². The lowest BCUT2D eigenvalue weighted by atomic mass is 9.94. The molecule has 0 aliphatic carbocycles. The van der Waals surface area contributed by atoms with Crippen molar-refractivity contribution in [2.24, 2.45) is 5.92 Å². The second kappa shape index (κ2) is 8.16. The summed E-state index contributed by atoms with van der Waals surface area (Å²) in [6, 6.07) is 5.76. The van der Waals surface area contributed by atoms with Gasteiger partial charge in [0.15, 0.2) is 11.6 Å². The van der Waals surface area contributed by atoms with Crippen LogP contribution in [0.5, 0.6) is 5.75 Å². The lowest BCUT2D eigenvalue weighted by molar-refractivity contribution is 0.384. The van der Waals surface area contributed by atoms with Crippen molar-refractivity contribution >= 4 is 0 Å². The molecule has 0 saturated heterocycles. The normalized spacial score (nSPS) is 12.7. The van der Waals surface area contributed by atoms with E-state index in [1.165, 1.54) is 7.11 Å². The summed E-state index contributed by atoms with van der Waals surface area (Å²) < 4.78 is 18.6. The van der Waals surface area contributed by atoms with Crippen LogP contribution in [-0.2, 0) is 6.42 Å². The summed E-state index contributed by atoms with van der Waals surface area (Å²) in [4.78, 5) is 0. The van der Waals surface area contributed by atoms with Crippen molar-refractivity contribution < 1.29 is 9.13 Å². The molecule has 0 amide bonds. The number of halogens is 1. The first-order valence-electron chi connectivity index (χ1n) is 7.12. The van der Waals surface area contributed by atoms with Gasteiger partial charge in [0.05, 0.1) is 7.11 Å². The van der Waals surface area contributed by atoms with Gasteiger partial charge in [0.25, 0.3) is 0 Å². The van der Waals surface area contributed by atoms with Crippen LogP contribution in [0.2, 0.25) is 0 Å². The largest absolute Gasteiger partial charge is 0.494 e. The zero-order valence-corrected chi connectivity index (χ0v) is 12.5. The molecule has 0 saturated carbocycles. The first kappa shape index (κ1) is 16.0. The lowest BCUT2D eigenvalue weighted by Gasteiger charge is -2.19. The molecule has 1 rings (SSSR count). The van der Waals surface area contributed by atoms with Crippen LogP contribution in [0.4, 0.5) is 4.39 Å². The van der Waals surface area contributed by atoms with Crippen LogP contribution in [0.3, 0.4) is 0 Å². The van der Waals surface area contributed by atoms with Crippen LogP contribution in [0.25, 0.3) is 0 Å². The van der Waals surface area contributed by atoms with Crippen molar-refractivity contribution in [1.29, 1.82) is 0 Å². The summed E-state index contributed by atoms with van der Waals surface area (Å²) in [5, 5.41) is 3.47. The number of hydrogen-bond donors (Lipinski definition) is 1. The molecule has 1 N–H and O–H groups in total. The highest BCUT2D eigenvalue weighted by Crippen LogP contribution is 2.21. The Morgan fingerprint density at radius 3 is 2.58 bits per heavy atom. The van der Waals surface area contributed by atoms with Gasteiger partial charge in [-0.3, -0.25) is 0 Å². The summed E-state index contributed by atoms with van der Waals surface area (Å²) in [5.41, 5.74) is 1.04. The van der Waals surface area contributed by atoms with E-state index in [1.54, 1.807) is 12.1 Å². The zero-order chi connectivity index (χ0) is 14.3. The summed E-state index contributed by atoms with van der Waals surface area (Å²) in [6.45, 7) is 7.47. The Morgan fingerprint density at radius 2 is 2.05 bits per heavy atom. The summed E-state index contributed by atoms with van der Waals surface area (Å²) in [7, 11) is 1.49.